The number of carbonyl (C=O) groups excluding carboxylic acids is 1. The van der Waals surface area contributed by atoms with E-state index in [-0.39, 0.29) is 5.57 Å². The summed E-state index contributed by atoms with van der Waals surface area (Å²) < 4.78 is 12.1. The number of fused-ring (bicyclic) bond motifs is 1. The molecule has 0 unspecified atom stereocenters. The van der Waals surface area contributed by atoms with E-state index in [4.69, 9.17) is 9.47 Å². The van der Waals surface area contributed by atoms with Crippen LogP contribution in [0.3, 0.4) is 0 Å². The van der Waals surface area contributed by atoms with E-state index in [1.54, 1.807) is 12.1 Å². The Kier molecular flexibility index (Phi) is 8.10. The molecule has 1 aromatic heterocycles. The molecule has 0 fully saturated rings. The van der Waals surface area contributed by atoms with Crippen LogP contribution in [-0.2, 0) is 24.2 Å². The van der Waals surface area contributed by atoms with Crippen molar-refractivity contribution >= 4 is 44.3 Å². The van der Waals surface area contributed by atoms with Crippen LogP contribution >= 0.6 is 27.3 Å². The highest BCUT2D eigenvalue weighted by Crippen LogP contribution is 2.38. The molecular formula is C28H24BrN3O3S. The van der Waals surface area contributed by atoms with Crippen LogP contribution in [0.5, 0.6) is 11.5 Å². The Morgan fingerprint density at radius 3 is 2.61 bits per heavy atom. The van der Waals surface area contributed by atoms with Gasteiger partial charge in [-0.3, -0.25) is 4.79 Å². The number of methoxy groups -OCH3 is 1. The van der Waals surface area contributed by atoms with E-state index in [0.717, 1.165) is 41.7 Å². The van der Waals surface area contributed by atoms with Crippen molar-refractivity contribution in [1.29, 1.82) is 10.5 Å². The lowest BCUT2D eigenvalue weighted by molar-refractivity contribution is -0.112. The van der Waals surface area contributed by atoms with Gasteiger partial charge in [-0.05, 0) is 67.5 Å². The first-order valence-corrected chi connectivity index (χ1v) is 13.1. The number of anilines is 1. The molecule has 3 aromatic rings. The SMILES string of the molecule is COc1cc(/C=C(\C#N)C(=O)Nc2sc3c(c2C#N)CCCC3)c(Br)cc1OCc1ccc(C)cc1. The molecule has 0 spiro atoms. The van der Waals surface area contributed by atoms with Gasteiger partial charge in [-0.25, -0.2) is 0 Å². The van der Waals surface area contributed by atoms with E-state index in [1.165, 1.54) is 30.1 Å². The number of aryl methyl sites for hydroxylation is 2. The predicted molar refractivity (Wildman–Crippen MR) is 144 cm³/mol. The van der Waals surface area contributed by atoms with Gasteiger partial charge in [-0.15, -0.1) is 11.3 Å². The summed E-state index contributed by atoms with van der Waals surface area (Å²) in [6, 6.07) is 15.7. The zero-order valence-corrected chi connectivity index (χ0v) is 22.4. The van der Waals surface area contributed by atoms with Crippen molar-refractivity contribution in [3.63, 3.8) is 0 Å². The Morgan fingerprint density at radius 2 is 1.92 bits per heavy atom. The number of nitrogens with zero attached hydrogens (tertiary/aromatic N) is 2. The van der Waals surface area contributed by atoms with Crippen molar-refractivity contribution in [3.05, 3.63) is 79.1 Å². The maximum absolute atomic E-state index is 13.0. The van der Waals surface area contributed by atoms with Crippen LogP contribution in [0.1, 0.15) is 45.5 Å². The second-order valence-electron chi connectivity index (χ2n) is 8.45. The third-order valence-electron chi connectivity index (χ3n) is 5.97. The summed E-state index contributed by atoms with van der Waals surface area (Å²) in [5.74, 6) is 0.456. The zero-order chi connectivity index (χ0) is 25.7. The van der Waals surface area contributed by atoms with Crippen molar-refractivity contribution in [3.8, 4) is 23.6 Å². The minimum absolute atomic E-state index is 0.0821. The monoisotopic (exact) mass is 561 g/mol. The van der Waals surface area contributed by atoms with Crippen LogP contribution in [-0.4, -0.2) is 13.0 Å². The van der Waals surface area contributed by atoms with Crippen LogP contribution < -0.4 is 14.8 Å². The molecule has 36 heavy (non-hydrogen) atoms. The Hall–Kier alpha value is -3.59. The number of nitriles is 2. The molecule has 8 heteroatoms. The average molecular weight is 562 g/mol. The summed E-state index contributed by atoms with van der Waals surface area (Å²) in [4.78, 5) is 14.1. The normalized spacial score (nSPS) is 12.8. The zero-order valence-electron chi connectivity index (χ0n) is 20.0. The number of halogens is 1. The Bertz CT molecular complexity index is 1410. The number of nitrogens with one attached hydrogen (secondary N) is 1. The minimum Gasteiger partial charge on any atom is -0.493 e. The lowest BCUT2D eigenvalue weighted by Gasteiger charge is -2.13. The maximum Gasteiger partial charge on any atom is 0.266 e. The van der Waals surface area contributed by atoms with E-state index < -0.39 is 5.91 Å². The van der Waals surface area contributed by atoms with Crippen molar-refractivity contribution < 1.29 is 14.3 Å². The lowest BCUT2D eigenvalue weighted by atomic mass is 9.96. The molecule has 182 valence electrons. The molecule has 1 aliphatic carbocycles. The smallest absolute Gasteiger partial charge is 0.266 e. The minimum atomic E-state index is -0.557. The van der Waals surface area contributed by atoms with E-state index in [0.29, 0.717) is 38.7 Å². The van der Waals surface area contributed by atoms with Crippen molar-refractivity contribution in [2.75, 3.05) is 12.4 Å². The second kappa shape index (κ2) is 11.4. The van der Waals surface area contributed by atoms with E-state index in [1.807, 2.05) is 37.3 Å². The van der Waals surface area contributed by atoms with Crippen molar-refractivity contribution in [2.45, 2.75) is 39.2 Å². The molecule has 0 atom stereocenters. The number of carbonyl (C=O) groups is 1. The highest BCUT2D eigenvalue weighted by molar-refractivity contribution is 9.10. The topological polar surface area (TPSA) is 95.1 Å². The number of hydrogen-bond donors (Lipinski definition) is 1. The number of hydrogen-bond acceptors (Lipinski definition) is 6. The van der Waals surface area contributed by atoms with Crippen LogP contribution in [0.2, 0.25) is 0 Å². The number of benzene rings is 2. The first-order chi connectivity index (χ1) is 17.4. The van der Waals surface area contributed by atoms with Gasteiger partial charge >= 0.3 is 0 Å². The maximum atomic E-state index is 13.0. The molecule has 0 aliphatic heterocycles. The van der Waals surface area contributed by atoms with Gasteiger partial charge in [-0.1, -0.05) is 45.8 Å². The largest absolute Gasteiger partial charge is 0.493 e. The average Bonchev–Trinajstić information content (AvgIpc) is 3.24. The summed E-state index contributed by atoms with van der Waals surface area (Å²) in [6.45, 7) is 2.40. The second-order valence-corrected chi connectivity index (χ2v) is 10.4. The number of ether oxygens (including phenoxy) is 2. The van der Waals surface area contributed by atoms with Gasteiger partial charge in [0.25, 0.3) is 5.91 Å². The van der Waals surface area contributed by atoms with Gasteiger partial charge in [0.1, 0.15) is 29.3 Å². The van der Waals surface area contributed by atoms with Gasteiger partial charge in [0, 0.05) is 9.35 Å². The highest BCUT2D eigenvalue weighted by atomic mass is 79.9. The fraction of sp³-hybridized carbons (Fsp3) is 0.250. The molecule has 1 heterocycles. The first-order valence-electron chi connectivity index (χ1n) is 11.5. The van der Waals surface area contributed by atoms with Gasteiger partial charge < -0.3 is 14.8 Å². The third-order valence-corrected chi connectivity index (χ3v) is 7.87. The number of rotatable bonds is 7. The molecule has 0 saturated heterocycles. The van der Waals surface area contributed by atoms with E-state index in [9.17, 15) is 15.3 Å². The molecule has 6 nitrogen and oxygen atoms in total. The van der Waals surface area contributed by atoms with E-state index in [2.05, 4.69) is 27.3 Å². The van der Waals surface area contributed by atoms with E-state index >= 15 is 0 Å². The van der Waals surface area contributed by atoms with Crippen LogP contribution in [0.4, 0.5) is 5.00 Å². The Morgan fingerprint density at radius 1 is 1.17 bits per heavy atom. The fourth-order valence-electron chi connectivity index (χ4n) is 4.03. The van der Waals surface area contributed by atoms with Crippen LogP contribution in [0.25, 0.3) is 6.08 Å². The van der Waals surface area contributed by atoms with Gasteiger partial charge in [-0.2, -0.15) is 10.5 Å². The van der Waals surface area contributed by atoms with Gasteiger partial charge in [0.05, 0.1) is 12.7 Å². The number of amides is 1. The van der Waals surface area contributed by atoms with Crippen LogP contribution in [0, 0.1) is 29.6 Å². The highest BCUT2D eigenvalue weighted by Gasteiger charge is 2.23. The molecule has 1 amide bonds. The van der Waals surface area contributed by atoms with Gasteiger partial charge in [0.15, 0.2) is 11.5 Å². The quantitative estimate of drug-likeness (QED) is 0.255. The summed E-state index contributed by atoms with van der Waals surface area (Å²) in [6.07, 6.45) is 5.36. The summed E-state index contributed by atoms with van der Waals surface area (Å²) in [5, 5.41) is 22.7. The molecule has 4 rings (SSSR count). The third kappa shape index (κ3) is 5.62. The van der Waals surface area contributed by atoms with Gasteiger partial charge in [0.2, 0.25) is 0 Å². The Balaban J connectivity index is 1.55. The molecular weight excluding hydrogens is 538 g/mol. The molecule has 0 saturated carbocycles. The fourth-order valence-corrected chi connectivity index (χ4v) is 5.70. The summed E-state index contributed by atoms with van der Waals surface area (Å²) in [5.41, 5.74) is 4.25. The van der Waals surface area contributed by atoms with Crippen molar-refractivity contribution in [1.82, 2.24) is 0 Å². The number of thiophene rings is 1. The predicted octanol–water partition coefficient (Wildman–Crippen LogP) is 6.70. The van der Waals surface area contributed by atoms with Crippen LogP contribution in [0.15, 0.2) is 46.4 Å². The standard InChI is InChI=1S/C28H24BrN3O3S/c1-17-7-9-18(10-8-17)16-35-25-13-23(29)19(12-24(25)34-2)11-20(14-30)27(33)32-28-22(15-31)21-5-3-4-6-26(21)36-28/h7-13H,3-6,16H2,1-2H3,(H,32,33)/b20-11+. The summed E-state index contributed by atoms with van der Waals surface area (Å²) in [7, 11) is 1.54. The first kappa shape index (κ1) is 25.5. The summed E-state index contributed by atoms with van der Waals surface area (Å²) >= 11 is 4.95. The lowest BCUT2D eigenvalue weighted by Crippen LogP contribution is -2.13. The molecule has 1 aliphatic rings. The molecule has 2 aromatic carbocycles. The molecule has 0 bridgehead atoms. The Labute approximate surface area is 222 Å². The van der Waals surface area contributed by atoms with Crippen molar-refractivity contribution in [2.24, 2.45) is 0 Å². The molecule has 1 N–H and O–H groups in total. The molecule has 0 radical (unpaired) electrons.